The third-order valence-corrected chi connectivity index (χ3v) is 4.30. The number of rotatable bonds is 4. The predicted octanol–water partition coefficient (Wildman–Crippen LogP) is 3.89. The third-order valence-electron chi connectivity index (χ3n) is 4.30. The highest BCUT2D eigenvalue weighted by Crippen LogP contribution is 2.32. The summed E-state index contributed by atoms with van der Waals surface area (Å²) in [7, 11) is 0. The molecule has 2 N–H and O–H groups in total. The molecule has 1 aliphatic heterocycles. The van der Waals surface area contributed by atoms with Gasteiger partial charge >= 0.3 is 0 Å². The number of likely N-dealkylation sites (tertiary alicyclic amines) is 1. The Morgan fingerprint density at radius 1 is 0.909 bits per heavy atom. The second-order valence-corrected chi connectivity index (χ2v) is 5.69. The summed E-state index contributed by atoms with van der Waals surface area (Å²) in [6.45, 7) is 8.01. The maximum atomic E-state index is 5.99. The van der Waals surface area contributed by atoms with Crippen LogP contribution in [0.4, 0.5) is 0 Å². The zero-order valence-electron chi connectivity index (χ0n) is 13.8. The lowest BCUT2D eigenvalue weighted by Gasteiger charge is -2.16. The van der Waals surface area contributed by atoms with E-state index in [-0.39, 0.29) is 0 Å². The molecule has 0 aromatic heterocycles. The van der Waals surface area contributed by atoms with Crippen LogP contribution in [0.3, 0.4) is 0 Å². The average Bonchev–Trinajstić information content (AvgIpc) is 3.01. The normalized spacial score (nSPS) is 21.2. The molecule has 1 saturated heterocycles. The molecule has 0 radical (unpaired) electrons. The fourth-order valence-corrected chi connectivity index (χ4v) is 3.25. The minimum Gasteiger partial charge on any atom is -0.330 e. The van der Waals surface area contributed by atoms with E-state index in [1.165, 1.54) is 11.1 Å². The van der Waals surface area contributed by atoms with Crippen molar-refractivity contribution in [3.05, 3.63) is 71.8 Å². The fourth-order valence-electron chi connectivity index (χ4n) is 3.25. The van der Waals surface area contributed by atoms with Crippen LogP contribution in [0.1, 0.15) is 30.9 Å². The van der Waals surface area contributed by atoms with Gasteiger partial charge in [0.2, 0.25) is 0 Å². The van der Waals surface area contributed by atoms with E-state index in [9.17, 15) is 0 Å². The zero-order valence-corrected chi connectivity index (χ0v) is 13.8. The Balaban J connectivity index is 0.000000847. The van der Waals surface area contributed by atoms with Crippen molar-refractivity contribution >= 4 is 0 Å². The van der Waals surface area contributed by atoms with Gasteiger partial charge in [-0.05, 0) is 23.6 Å². The summed E-state index contributed by atoms with van der Waals surface area (Å²) < 4.78 is 0. The molecule has 0 bridgehead atoms. The maximum absolute atomic E-state index is 5.99. The molecule has 0 saturated carbocycles. The fraction of sp³-hybridized carbons (Fsp3) is 0.400. The lowest BCUT2D eigenvalue weighted by atomic mass is 9.89. The molecule has 0 aliphatic carbocycles. The topological polar surface area (TPSA) is 29.3 Å². The van der Waals surface area contributed by atoms with Gasteiger partial charge in [0.15, 0.2) is 0 Å². The molecule has 0 unspecified atom stereocenters. The molecule has 0 spiro atoms. The molecule has 2 aromatic carbocycles. The number of nitrogens with two attached hydrogens (primary N) is 1. The van der Waals surface area contributed by atoms with Crippen molar-refractivity contribution in [2.45, 2.75) is 26.3 Å². The Morgan fingerprint density at radius 3 is 2.09 bits per heavy atom. The Kier molecular flexibility index (Phi) is 6.63. The number of hydrogen-bond donors (Lipinski definition) is 1. The van der Waals surface area contributed by atoms with Crippen molar-refractivity contribution in [2.24, 2.45) is 11.7 Å². The van der Waals surface area contributed by atoms with Gasteiger partial charge in [-0.15, -0.1) is 0 Å². The van der Waals surface area contributed by atoms with Crippen molar-refractivity contribution in [1.82, 2.24) is 4.90 Å². The van der Waals surface area contributed by atoms with Crippen molar-refractivity contribution in [1.29, 1.82) is 0 Å². The van der Waals surface area contributed by atoms with Crippen molar-refractivity contribution in [3.63, 3.8) is 0 Å². The van der Waals surface area contributed by atoms with Crippen LogP contribution in [0.15, 0.2) is 60.7 Å². The summed E-state index contributed by atoms with van der Waals surface area (Å²) in [6.07, 6.45) is 0. The van der Waals surface area contributed by atoms with Crippen LogP contribution in [0.2, 0.25) is 0 Å². The highest BCUT2D eigenvalue weighted by atomic mass is 15.2. The van der Waals surface area contributed by atoms with Crippen LogP contribution >= 0.6 is 0 Å². The molecule has 2 nitrogen and oxygen atoms in total. The van der Waals surface area contributed by atoms with Crippen LogP contribution in [0.5, 0.6) is 0 Å². The molecule has 118 valence electrons. The van der Waals surface area contributed by atoms with E-state index >= 15 is 0 Å². The molecule has 22 heavy (non-hydrogen) atoms. The first-order valence-electron chi connectivity index (χ1n) is 8.38. The molecule has 0 amide bonds. The Bertz CT molecular complexity index is 524. The van der Waals surface area contributed by atoms with Crippen molar-refractivity contribution in [3.8, 4) is 0 Å². The minimum absolute atomic E-state index is 0.570. The zero-order chi connectivity index (χ0) is 15.8. The van der Waals surface area contributed by atoms with E-state index < -0.39 is 0 Å². The summed E-state index contributed by atoms with van der Waals surface area (Å²) in [5.74, 6) is 1.14. The van der Waals surface area contributed by atoms with Gasteiger partial charge in [-0.25, -0.2) is 0 Å². The van der Waals surface area contributed by atoms with E-state index in [1.54, 1.807) is 0 Å². The molecule has 2 aromatic rings. The molecule has 1 aliphatic rings. The summed E-state index contributed by atoms with van der Waals surface area (Å²) in [5.41, 5.74) is 8.81. The molecule has 1 fully saturated rings. The van der Waals surface area contributed by atoms with Gasteiger partial charge < -0.3 is 5.73 Å². The van der Waals surface area contributed by atoms with E-state index in [0.717, 1.165) is 26.2 Å². The van der Waals surface area contributed by atoms with E-state index in [1.807, 2.05) is 13.8 Å². The van der Waals surface area contributed by atoms with Gasteiger partial charge in [0.25, 0.3) is 0 Å². The Morgan fingerprint density at radius 2 is 1.50 bits per heavy atom. The molecular formula is C20H28N2. The number of benzene rings is 2. The molecule has 2 heteroatoms. The second-order valence-electron chi connectivity index (χ2n) is 5.69. The van der Waals surface area contributed by atoms with Crippen LogP contribution in [0.25, 0.3) is 0 Å². The Hall–Kier alpha value is -1.64. The molecular weight excluding hydrogens is 268 g/mol. The summed E-state index contributed by atoms with van der Waals surface area (Å²) in [4.78, 5) is 2.53. The van der Waals surface area contributed by atoms with E-state index in [0.29, 0.717) is 11.8 Å². The smallest absolute Gasteiger partial charge is 0.0234 e. The minimum atomic E-state index is 0.570. The largest absolute Gasteiger partial charge is 0.330 e. The lowest BCUT2D eigenvalue weighted by Crippen LogP contribution is -2.23. The van der Waals surface area contributed by atoms with Gasteiger partial charge in [-0.3, -0.25) is 4.90 Å². The van der Waals surface area contributed by atoms with Crippen LogP contribution in [0, 0.1) is 5.92 Å². The monoisotopic (exact) mass is 296 g/mol. The highest BCUT2D eigenvalue weighted by Gasteiger charge is 2.32. The average molecular weight is 296 g/mol. The second kappa shape index (κ2) is 8.72. The SMILES string of the molecule is CC.NC[C@@H]1CN(Cc2ccccc2)C[C@H]1c1ccccc1. The molecule has 3 rings (SSSR count). The van der Waals surface area contributed by atoms with E-state index in [4.69, 9.17) is 5.73 Å². The Labute approximate surface area is 135 Å². The van der Waals surface area contributed by atoms with Crippen LogP contribution in [-0.2, 0) is 6.54 Å². The van der Waals surface area contributed by atoms with Gasteiger partial charge in [-0.1, -0.05) is 74.5 Å². The first-order chi connectivity index (χ1) is 10.9. The number of hydrogen-bond acceptors (Lipinski definition) is 2. The standard InChI is InChI=1S/C18H22N2.C2H6/c19-11-17-13-20(12-15-7-3-1-4-8-15)14-18(17)16-9-5-2-6-10-16;1-2/h1-10,17-18H,11-14,19H2;1-2H3/t17-,18+;/m1./s1. The van der Waals surface area contributed by atoms with Gasteiger partial charge in [0, 0.05) is 25.6 Å². The van der Waals surface area contributed by atoms with Crippen molar-refractivity contribution in [2.75, 3.05) is 19.6 Å². The summed E-state index contributed by atoms with van der Waals surface area (Å²) in [5, 5.41) is 0. The lowest BCUT2D eigenvalue weighted by molar-refractivity contribution is 0.317. The highest BCUT2D eigenvalue weighted by molar-refractivity contribution is 5.23. The van der Waals surface area contributed by atoms with Gasteiger partial charge in [0.05, 0.1) is 0 Å². The third kappa shape index (κ3) is 4.19. The summed E-state index contributed by atoms with van der Waals surface area (Å²) in [6, 6.07) is 21.5. The first kappa shape index (κ1) is 16.7. The quantitative estimate of drug-likeness (QED) is 0.927. The van der Waals surface area contributed by atoms with Crippen LogP contribution in [-0.4, -0.2) is 24.5 Å². The molecule has 2 atom stereocenters. The van der Waals surface area contributed by atoms with Crippen LogP contribution < -0.4 is 5.73 Å². The maximum Gasteiger partial charge on any atom is 0.0234 e. The first-order valence-corrected chi connectivity index (χ1v) is 8.38. The summed E-state index contributed by atoms with van der Waals surface area (Å²) >= 11 is 0. The van der Waals surface area contributed by atoms with E-state index in [2.05, 4.69) is 65.6 Å². The van der Waals surface area contributed by atoms with Crippen molar-refractivity contribution < 1.29 is 0 Å². The predicted molar refractivity (Wildman–Crippen MR) is 94.8 cm³/mol. The molecule has 1 heterocycles. The van der Waals surface area contributed by atoms with Gasteiger partial charge in [-0.2, -0.15) is 0 Å². The van der Waals surface area contributed by atoms with Gasteiger partial charge in [0.1, 0.15) is 0 Å². The number of nitrogens with zero attached hydrogens (tertiary/aromatic N) is 1.